The molecule has 0 atom stereocenters. The first-order valence-corrected chi connectivity index (χ1v) is 17.5. The summed E-state index contributed by atoms with van der Waals surface area (Å²) in [4.78, 5) is 53.6. The smallest absolute Gasteiger partial charge is 0.328 e. The third-order valence-corrected chi connectivity index (χ3v) is 9.35. The lowest BCUT2D eigenvalue weighted by Gasteiger charge is -2.35. The summed E-state index contributed by atoms with van der Waals surface area (Å²) in [6.07, 6.45) is 4.85. The highest BCUT2D eigenvalue weighted by molar-refractivity contribution is 6.42. The number of rotatable bonds is 11. The van der Waals surface area contributed by atoms with Crippen LogP contribution in [0, 0.1) is 0 Å². The molecule has 2 aliphatic heterocycles. The molecule has 1 amide bonds. The van der Waals surface area contributed by atoms with Crippen LogP contribution in [0.3, 0.4) is 0 Å². The lowest BCUT2D eigenvalue weighted by molar-refractivity contribution is -0.134. The summed E-state index contributed by atoms with van der Waals surface area (Å²) < 4.78 is 18.9. The maximum atomic E-state index is 13.2. The van der Waals surface area contributed by atoms with E-state index in [0.29, 0.717) is 52.5 Å². The van der Waals surface area contributed by atoms with Crippen LogP contribution in [0.15, 0.2) is 97.3 Å². The van der Waals surface area contributed by atoms with Crippen LogP contribution in [-0.2, 0) is 33.9 Å². The summed E-state index contributed by atoms with van der Waals surface area (Å²) in [5.74, 6) is 0.127. The summed E-state index contributed by atoms with van der Waals surface area (Å²) in [6, 6.07) is 22.2. The number of carboxylic acids is 2. The van der Waals surface area contributed by atoms with E-state index in [1.54, 1.807) is 30.5 Å². The number of benzene rings is 3. The monoisotopic (exact) mass is 772 g/mol. The van der Waals surface area contributed by atoms with Gasteiger partial charge >= 0.3 is 11.9 Å². The standard InChI is InChI=1S/C35H30Cl2N4O5.C4H4O4/c36-28-5-3-26(18-29(28)37)31(42)15-23-2-8-34(38-19-23)46-27-4-6-30-25(17-27)9-10-41(30)21-35(43)40-13-11-39(12-14-40)20-24-1-7-32-33(16-24)45-22-44-32;5-3(6)1-2-4(7)8/h1-10,16-19H,11-15,20-22H2;1-2H,(H,5,6)(H,7,8). The van der Waals surface area contributed by atoms with E-state index in [4.69, 9.17) is 47.6 Å². The normalized spacial score (nSPS) is 13.8. The molecule has 0 bridgehead atoms. The number of fused-ring (bicyclic) bond motifs is 2. The first-order chi connectivity index (χ1) is 26.0. The lowest BCUT2D eigenvalue weighted by Crippen LogP contribution is -2.49. The number of aromatic nitrogens is 2. The molecule has 2 aromatic heterocycles. The molecule has 5 aromatic rings. The Morgan fingerprint density at radius 1 is 0.796 bits per heavy atom. The van der Waals surface area contributed by atoms with Crippen molar-refractivity contribution in [3.63, 3.8) is 0 Å². The first kappa shape index (κ1) is 37.9. The molecule has 0 spiro atoms. The number of nitrogens with zero attached hydrogens (tertiary/aromatic N) is 4. The number of halogens is 2. The fourth-order valence-corrected chi connectivity index (χ4v) is 6.17. The molecule has 7 rings (SSSR count). The Morgan fingerprint density at radius 2 is 1.54 bits per heavy atom. The Kier molecular flexibility index (Phi) is 12.1. The zero-order valence-corrected chi connectivity index (χ0v) is 30.2. The molecule has 0 aliphatic carbocycles. The third-order valence-electron chi connectivity index (χ3n) is 8.61. The van der Waals surface area contributed by atoms with Gasteiger partial charge in [-0.25, -0.2) is 14.6 Å². The van der Waals surface area contributed by atoms with Gasteiger partial charge in [-0.05, 0) is 65.7 Å². The molecule has 0 radical (unpaired) electrons. The Balaban J connectivity index is 0.000000561. The summed E-state index contributed by atoms with van der Waals surface area (Å²) in [6.45, 7) is 4.37. The molecule has 15 heteroatoms. The number of Topliss-reactive ketones (excluding diaryl/α,β-unsaturated/α-hetero) is 1. The Bertz CT molecular complexity index is 2200. The van der Waals surface area contributed by atoms with E-state index in [1.165, 1.54) is 5.56 Å². The average molecular weight is 774 g/mol. The van der Waals surface area contributed by atoms with Crippen molar-refractivity contribution in [2.75, 3.05) is 33.0 Å². The minimum Gasteiger partial charge on any atom is -0.478 e. The minimum atomic E-state index is -1.26. The van der Waals surface area contributed by atoms with Crippen LogP contribution in [0.25, 0.3) is 10.9 Å². The van der Waals surface area contributed by atoms with Crippen LogP contribution < -0.4 is 14.2 Å². The highest BCUT2D eigenvalue weighted by atomic mass is 35.5. The third kappa shape index (κ3) is 9.95. The van der Waals surface area contributed by atoms with Gasteiger partial charge in [0.1, 0.15) is 12.3 Å². The van der Waals surface area contributed by atoms with E-state index in [-0.39, 0.29) is 31.4 Å². The number of amides is 1. The lowest BCUT2D eigenvalue weighted by atomic mass is 10.0. The molecular formula is C39H34Cl2N4O9. The van der Waals surface area contributed by atoms with Crippen molar-refractivity contribution in [1.82, 2.24) is 19.4 Å². The molecule has 2 N–H and O–H groups in total. The van der Waals surface area contributed by atoms with Gasteiger partial charge in [0.05, 0.1) is 10.0 Å². The van der Waals surface area contributed by atoms with Crippen molar-refractivity contribution in [2.24, 2.45) is 0 Å². The molecule has 13 nitrogen and oxygen atoms in total. The molecule has 278 valence electrons. The number of carboxylic acid groups (broad SMARTS) is 2. The van der Waals surface area contributed by atoms with Crippen molar-refractivity contribution in [3.05, 3.63) is 124 Å². The van der Waals surface area contributed by atoms with E-state index in [9.17, 15) is 19.2 Å². The Labute approximate surface area is 319 Å². The van der Waals surface area contributed by atoms with Crippen LogP contribution in [0.2, 0.25) is 10.0 Å². The highest BCUT2D eigenvalue weighted by Crippen LogP contribution is 2.33. The largest absolute Gasteiger partial charge is 0.478 e. The van der Waals surface area contributed by atoms with E-state index < -0.39 is 11.9 Å². The van der Waals surface area contributed by atoms with Crippen molar-refractivity contribution in [1.29, 1.82) is 0 Å². The van der Waals surface area contributed by atoms with Gasteiger partial charge in [0.15, 0.2) is 17.3 Å². The zero-order valence-electron chi connectivity index (χ0n) is 28.7. The van der Waals surface area contributed by atoms with E-state index in [0.717, 1.165) is 47.6 Å². The number of ketones is 1. The van der Waals surface area contributed by atoms with Gasteiger partial charge in [-0.1, -0.05) is 35.3 Å². The number of pyridine rings is 1. The van der Waals surface area contributed by atoms with Crippen molar-refractivity contribution < 1.29 is 43.6 Å². The van der Waals surface area contributed by atoms with Crippen LogP contribution >= 0.6 is 23.2 Å². The van der Waals surface area contributed by atoms with E-state index >= 15 is 0 Å². The number of aliphatic carboxylic acids is 2. The number of carbonyl (C=O) groups excluding carboxylic acids is 2. The molecule has 1 fully saturated rings. The van der Waals surface area contributed by atoms with Crippen LogP contribution in [0.1, 0.15) is 21.5 Å². The van der Waals surface area contributed by atoms with Crippen molar-refractivity contribution in [3.8, 4) is 23.1 Å². The van der Waals surface area contributed by atoms with E-state index in [2.05, 4.69) is 16.0 Å². The van der Waals surface area contributed by atoms with Gasteiger partial charge in [0.25, 0.3) is 0 Å². The van der Waals surface area contributed by atoms with Crippen LogP contribution in [-0.4, -0.2) is 86.2 Å². The molecule has 54 heavy (non-hydrogen) atoms. The summed E-state index contributed by atoms with van der Waals surface area (Å²) in [7, 11) is 0. The molecule has 1 saturated heterocycles. The van der Waals surface area contributed by atoms with Crippen LogP contribution in [0.5, 0.6) is 23.1 Å². The van der Waals surface area contributed by atoms with Crippen molar-refractivity contribution in [2.45, 2.75) is 19.5 Å². The predicted molar refractivity (Wildman–Crippen MR) is 200 cm³/mol. The number of carbonyl (C=O) groups is 4. The second-order valence-electron chi connectivity index (χ2n) is 12.4. The zero-order chi connectivity index (χ0) is 38.2. The number of ether oxygens (including phenoxy) is 3. The summed E-state index contributed by atoms with van der Waals surface area (Å²) >= 11 is 12.0. The second-order valence-corrected chi connectivity index (χ2v) is 13.2. The van der Waals surface area contributed by atoms with Gasteiger partial charge in [-0.2, -0.15) is 0 Å². The minimum absolute atomic E-state index is 0.0812. The highest BCUT2D eigenvalue weighted by Gasteiger charge is 2.23. The average Bonchev–Trinajstić information content (AvgIpc) is 3.79. The van der Waals surface area contributed by atoms with Gasteiger partial charge in [0.2, 0.25) is 18.6 Å². The molecule has 4 heterocycles. The molecule has 0 saturated carbocycles. The molecule has 3 aromatic carbocycles. The SMILES string of the molecule is O=C(Cc1ccc(Oc2ccc3c(ccn3CC(=O)N3CCN(Cc4ccc5c(c4)OCO5)CC3)c2)nc1)c1ccc(Cl)c(Cl)c1.O=C(O)C=CC(=O)O. The topological polar surface area (TPSA) is 161 Å². The molecule has 0 unspecified atom stereocenters. The van der Waals surface area contributed by atoms with Crippen molar-refractivity contribution >= 4 is 57.7 Å². The quantitative estimate of drug-likeness (QED) is 0.114. The maximum absolute atomic E-state index is 13.2. The Morgan fingerprint density at radius 3 is 2.24 bits per heavy atom. The summed E-state index contributed by atoms with van der Waals surface area (Å²) in [5.41, 5.74) is 3.37. The number of hydrogen-bond donors (Lipinski definition) is 2. The molecular weight excluding hydrogens is 739 g/mol. The van der Waals surface area contributed by atoms with Crippen LogP contribution in [0.4, 0.5) is 0 Å². The summed E-state index contributed by atoms with van der Waals surface area (Å²) in [5, 5.41) is 17.3. The second kappa shape index (κ2) is 17.3. The van der Waals surface area contributed by atoms with Gasteiger partial charge in [-0.3, -0.25) is 14.5 Å². The number of piperazine rings is 1. The van der Waals surface area contributed by atoms with Gasteiger partial charge in [-0.15, -0.1) is 0 Å². The number of hydrogen-bond acceptors (Lipinski definition) is 9. The van der Waals surface area contributed by atoms with Gasteiger partial charge in [0, 0.05) is 86.2 Å². The maximum Gasteiger partial charge on any atom is 0.328 e. The Hall–Kier alpha value is -5.89. The fourth-order valence-electron chi connectivity index (χ4n) is 5.87. The predicted octanol–water partition coefficient (Wildman–Crippen LogP) is 6.35. The molecule has 2 aliphatic rings. The first-order valence-electron chi connectivity index (χ1n) is 16.7. The fraction of sp³-hybridized carbons (Fsp3) is 0.205. The van der Waals surface area contributed by atoms with E-state index in [1.807, 2.05) is 58.1 Å². The van der Waals surface area contributed by atoms with Gasteiger partial charge < -0.3 is 33.9 Å².